The molecule has 3 aromatic rings. The Morgan fingerprint density at radius 3 is 2.56 bits per heavy atom. The maximum atomic E-state index is 9.22. The van der Waals surface area contributed by atoms with Gasteiger partial charge in [0.1, 0.15) is 5.75 Å². The monoisotopic (exact) mass is 254 g/mol. The van der Waals surface area contributed by atoms with Gasteiger partial charge in [0, 0.05) is 16.5 Å². The van der Waals surface area contributed by atoms with Crippen molar-refractivity contribution in [1.82, 2.24) is 9.97 Å². The van der Waals surface area contributed by atoms with Gasteiger partial charge in [0.25, 0.3) is 0 Å². The van der Waals surface area contributed by atoms with Gasteiger partial charge in [0.2, 0.25) is 0 Å². The Hall–Kier alpha value is -2.07. The lowest BCUT2D eigenvalue weighted by molar-refractivity contribution is 0.475. The van der Waals surface area contributed by atoms with Gasteiger partial charge in [-0.25, -0.2) is 9.97 Å². The number of rotatable bonds is 2. The maximum Gasteiger partial charge on any atom is 0.192 e. The Kier molecular flexibility index (Phi) is 2.86. The Morgan fingerprint density at radius 2 is 1.72 bits per heavy atom. The number of benzene rings is 2. The van der Waals surface area contributed by atoms with E-state index in [1.807, 2.05) is 42.6 Å². The van der Waals surface area contributed by atoms with Gasteiger partial charge in [-0.05, 0) is 42.1 Å². The molecule has 0 amide bonds. The maximum absolute atomic E-state index is 9.22. The lowest BCUT2D eigenvalue weighted by atomic mass is 10.2. The summed E-state index contributed by atoms with van der Waals surface area (Å²) in [6.07, 6.45) is 1.82. The molecule has 3 rings (SSSR count). The van der Waals surface area contributed by atoms with Crippen molar-refractivity contribution in [3.63, 3.8) is 0 Å². The van der Waals surface area contributed by atoms with Crippen LogP contribution < -0.4 is 0 Å². The number of aromatic nitrogens is 2. The number of hydrogen-bond acceptors (Lipinski definition) is 4. The molecule has 0 saturated carbocycles. The second-order valence-corrected chi connectivity index (χ2v) is 4.85. The molecule has 1 heterocycles. The Bertz CT molecular complexity index is 683. The minimum atomic E-state index is 0.263. The van der Waals surface area contributed by atoms with Gasteiger partial charge in [-0.2, -0.15) is 0 Å². The number of hydrogen-bond donors (Lipinski definition) is 1. The topological polar surface area (TPSA) is 46.0 Å². The molecule has 0 unspecified atom stereocenters. The Labute approximate surface area is 109 Å². The van der Waals surface area contributed by atoms with Gasteiger partial charge in [0.05, 0.1) is 5.52 Å². The molecule has 1 aromatic heterocycles. The molecule has 0 radical (unpaired) electrons. The normalized spacial score (nSPS) is 10.7. The van der Waals surface area contributed by atoms with E-state index in [9.17, 15) is 5.11 Å². The first-order valence-electron chi connectivity index (χ1n) is 5.50. The third kappa shape index (κ3) is 2.28. The molecule has 88 valence electrons. The minimum absolute atomic E-state index is 0.263. The molecular formula is C14H10N2OS. The average molecular weight is 254 g/mol. The zero-order valence-corrected chi connectivity index (χ0v) is 10.3. The van der Waals surface area contributed by atoms with Gasteiger partial charge >= 0.3 is 0 Å². The fraction of sp³-hybridized carbons (Fsp3) is 0. The standard InChI is InChI=1S/C14H10N2OS/c17-11-5-7-12(8-6-11)18-14-15-9-10-3-1-2-4-13(10)16-14/h1-9,17H. The first-order valence-corrected chi connectivity index (χ1v) is 6.31. The molecule has 0 bridgehead atoms. The summed E-state index contributed by atoms with van der Waals surface area (Å²) in [5.41, 5.74) is 0.939. The van der Waals surface area contributed by atoms with E-state index in [-0.39, 0.29) is 5.75 Å². The summed E-state index contributed by atoms with van der Waals surface area (Å²) in [6.45, 7) is 0. The van der Waals surface area contributed by atoms with Gasteiger partial charge < -0.3 is 5.11 Å². The van der Waals surface area contributed by atoms with Crippen LogP contribution in [-0.2, 0) is 0 Å². The third-order valence-corrected chi connectivity index (χ3v) is 3.40. The van der Waals surface area contributed by atoms with Crippen molar-refractivity contribution in [3.05, 3.63) is 54.7 Å². The lowest BCUT2D eigenvalue weighted by Crippen LogP contribution is -1.86. The molecule has 0 saturated heterocycles. The number of para-hydroxylation sites is 1. The fourth-order valence-electron chi connectivity index (χ4n) is 1.62. The van der Waals surface area contributed by atoms with Crippen LogP contribution in [0, 0.1) is 0 Å². The molecule has 0 fully saturated rings. The van der Waals surface area contributed by atoms with Gasteiger partial charge in [-0.15, -0.1) is 0 Å². The molecule has 0 aliphatic carbocycles. The number of nitrogens with zero attached hydrogens (tertiary/aromatic N) is 2. The summed E-state index contributed by atoms with van der Waals surface area (Å²) in [5.74, 6) is 0.263. The Morgan fingerprint density at radius 1 is 0.944 bits per heavy atom. The van der Waals surface area contributed by atoms with Crippen molar-refractivity contribution < 1.29 is 5.11 Å². The average Bonchev–Trinajstić information content (AvgIpc) is 2.41. The largest absolute Gasteiger partial charge is 0.508 e. The first kappa shape index (κ1) is 11.0. The second-order valence-electron chi connectivity index (χ2n) is 3.81. The Balaban J connectivity index is 1.92. The van der Waals surface area contributed by atoms with Crippen molar-refractivity contribution in [2.75, 3.05) is 0 Å². The van der Waals surface area contributed by atoms with Crippen LogP contribution in [0.5, 0.6) is 5.75 Å². The molecule has 18 heavy (non-hydrogen) atoms. The van der Waals surface area contributed by atoms with Crippen LogP contribution in [0.25, 0.3) is 10.9 Å². The summed E-state index contributed by atoms with van der Waals surface area (Å²) >= 11 is 1.48. The predicted molar refractivity (Wildman–Crippen MR) is 71.8 cm³/mol. The highest BCUT2D eigenvalue weighted by atomic mass is 32.2. The summed E-state index contributed by atoms with van der Waals surface area (Å²) in [7, 11) is 0. The zero-order chi connectivity index (χ0) is 12.4. The number of fused-ring (bicyclic) bond motifs is 1. The van der Waals surface area contributed by atoms with E-state index in [1.165, 1.54) is 11.8 Å². The van der Waals surface area contributed by atoms with Crippen molar-refractivity contribution in [2.24, 2.45) is 0 Å². The van der Waals surface area contributed by atoms with Crippen LogP contribution in [-0.4, -0.2) is 15.1 Å². The lowest BCUT2D eigenvalue weighted by Gasteiger charge is -2.02. The molecular weight excluding hydrogens is 244 g/mol. The highest BCUT2D eigenvalue weighted by molar-refractivity contribution is 7.99. The molecule has 0 aliphatic rings. The fourth-order valence-corrected chi connectivity index (χ4v) is 2.36. The van der Waals surface area contributed by atoms with Gasteiger partial charge in [-0.1, -0.05) is 18.2 Å². The first-order chi connectivity index (χ1) is 8.81. The predicted octanol–water partition coefficient (Wildman–Crippen LogP) is 3.49. The highest BCUT2D eigenvalue weighted by Gasteiger charge is 2.02. The van der Waals surface area contributed by atoms with E-state index >= 15 is 0 Å². The van der Waals surface area contributed by atoms with E-state index in [1.54, 1.807) is 12.1 Å². The number of phenolic OH excluding ortho intramolecular Hbond substituents is 1. The van der Waals surface area contributed by atoms with Crippen LogP contribution in [0.4, 0.5) is 0 Å². The van der Waals surface area contributed by atoms with Crippen molar-refractivity contribution in [2.45, 2.75) is 10.1 Å². The summed E-state index contributed by atoms with van der Waals surface area (Å²) in [6, 6.07) is 14.9. The van der Waals surface area contributed by atoms with Gasteiger partial charge in [-0.3, -0.25) is 0 Å². The van der Waals surface area contributed by atoms with Crippen LogP contribution in [0.15, 0.2) is 64.8 Å². The van der Waals surface area contributed by atoms with E-state index in [0.29, 0.717) is 5.16 Å². The molecule has 2 aromatic carbocycles. The molecule has 4 heteroatoms. The van der Waals surface area contributed by atoms with Crippen LogP contribution in [0.1, 0.15) is 0 Å². The number of aromatic hydroxyl groups is 1. The minimum Gasteiger partial charge on any atom is -0.508 e. The second kappa shape index (κ2) is 4.66. The van der Waals surface area contributed by atoms with E-state index in [2.05, 4.69) is 9.97 Å². The molecule has 0 aliphatic heterocycles. The quantitative estimate of drug-likeness (QED) is 0.711. The highest BCUT2D eigenvalue weighted by Crippen LogP contribution is 2.26. The molecule has 1 N–H and O–H groups in total. The number of phenols is 1. The molecule has 0 atom stereocenters. The smallest absolute Gasteiger partial charge is 0.192 e. The SMILES string of the molecule is Oc1ccc(Sc2ncc3ccccc3n2)cc1. The van der Waals surface area contributed by atoms with E-state index in [0.717, 1.165) is 15.8 Å². The molecule has 3 nitrogen and oxygen atoms in total. The van der Waals surface area contributed by atoms with Gasteiger partial charge in [0.15, 0.2) is 5.16 Å². The van der Waals surface area contributed by atoms with Crippen molar-refractivity contribution in [1.29, 1.82) is 0 Å². The molecule has 0 spiro atoms. The van der Waals surface area contributed by atoms with E-state index < -0.39 is 0 Å². The van der Waals surface area contributed by atoms with Crippen LogP contribution in [0.3, 0.4) is 0 Å². The summed E-state index contributed by atoms with van der Waals surface area (Å²) in [5, 5.41) is 11.0. The van der Waals surface area contributed by atoms with Crippen molar-refractivity contribution in [3.8, 4) is 5.75 Å². The third-order valence-electron chi connectivity index (χ3n) is 2.51. The zero-order valence-electron chi connectivity index (χ0n) is 9.45. The summed E-state index contributed by atoms with van der Waals surface area (Å²) < 4.78 is 0. The van der Waals surface area contributed by atoms with E-state index in [4.69, 9.17) is 0 Å². The van der Waals surface area contributed by atoms with Crippen LogP contribution >= 0.6 is 11.8 Å². The summed E-state index contributed by atoms with van der Waals surface area (Å²) in [4.78, 5) is 9.80. The van der Waals surface area contributed by atoms with Crippen LogP contribution in [0.2, 0.25) is 0 Å². The van der Waals surface area contributed by atoms with Crippen molar-refractivity contribution >= 4 is 22.7 Å².